The number of nitriles is 1. The van der Waals surface area contributed by atoms with Gasteiger partial charge in [0.05, 0.1) is 17.1 Å². The quantitative estimate of drug-likeness (QED) is 0.887. The van der Waals surface area contributed by atoms with Crippen LogP contribution in [0.25, 0.3) is 10.9 Å². The topological polar surface area (TPSA) is 98.1 Å². The summed E-state index contributed by atoms with van der Waals surface area (Å²) in [4.78, 5) is 23.6. The Kier molecular flexibility index (Phi) is 5.22. The monoisotopic (exact) mass is 367 g/mol. The maximum absolute atomic E-state index is 12.6. The van der Waals surface area contributed by atoms with Crippen molar-refractivity contribution in [2.75, 3.05) is 0 Å². The van der Waals surface area contributed by atoms with E-state index in [0.717, 1.165) is 43.0 Å². The number of pyridine rings is 1. The predicted molar refractivity (Wildman–Crippen MR) is 103 cm³/mol. The molecule has 1 saturated carbocycles. The Morgan fingerprint density at radius 3 is 2.56 bits per heavy atom. The molecule has 1 aliphatic carbocycles. The molecule has 1 heterocycles. The number of hydrogen-bond donors (Lipinski definition) is 1. The van der Waals surface area contributed by atoms with E-state index in [0.29, 0.717) is 11.5 Å². The third-order valence-electron chi connectivity index (χ3n) is 5.40. The molecule has 3 rings (SSSR count). The normalized spacial score (nSPS) is 20.2. The molecule has 0 atom stereocenters. The average Bonchev–Trinajstić information content (AvgIpc) is 2.60. The van der Waals surface area contributed by atoms with E-state index in [-0.39, 0.29) is 11.6 Å². The van der Waals surface area contributed by atoms with Crippen molar-refractivity contribution in [3.63, 3.8) is 0 Å². The van der Waals surface area contributed by atoms with Crippen molar-refractivity contribution in [3.8, 4) is 6.07 Å². The van der Waals surface area contributed by atoms with Crippen LogP contribution in [0.4, 0.5) is 4.79 Å². The molecule has 1 fully saturated rings. The number of nitrogens with two attached hydrogens (primary N) is 1. The molecule has 1 aromatic heterocycles. The molecule has 27 heavy (non-hydrogen) atoms. The third-order valence-corrected chi connectivity index (χ3v) is 5.40. The van der Waals surface area contributed by atoms with Gasteiger partial charge in [-0.3, -0.25) is 4.79 Å². The van der Waals surface area contributed by atoms with Crippen LogP contribution in [0.15, 0.2) is 35.1 Å². The van der Waals surface area contributed by atoms with Gasteiger partial charge in [0.1, 0.15) is 5.60 Å². The van der Waals surface area contributed by atoms with Crippen molar-refractivity contribution in [3.05, 3.63) is 46.2 Å². The second-order valence-electron chi connectivity index (χ2n) is 7.99. The van der Waals surface area contributed by atoms with E-state index in [1.165, 1.54) is 0 Å². The number of hydrogen-bond acceptors (Lipinski definition) is 4. The van der Waals surface area contributed by atoms with Crippen molar-refractivity contribution in [1.29, 1.82) is 5.26 Å². The van der Waals surface area contributed by atoms with Gasteiger partial charge in [0.25, 0.3) is 5.56 Å². The van der Waals surface area contributed by atoms with Gasteiger partial charge in [0.15, 0.2) is 0 Å². The van der Waals surface area contributed by atoms with Crippen LogP contribution in [0, 0.1) is 17.2 Å². The molecule has 6 nitrogen and oxygen atoms in total. The van der Waals surface area contributed by atoms with Crippen molar-refractivity contribution in [2.24, 2.45) is 11.7 Å². The molecular weight excluding hydrogens is 342 g/mol. The lowest BCUT2D eigenvalue weighted by molar-refractivity contribution is 0.0201. The zero-order valence-electron chi connectivity index (χ0n) is 15.8. The summed E-state index contributed by atoms with van der Waals surface area (Å²) in [5, 5.41) is 10.2. The average molecular weight is 367 g/mol. The van der Waals surface area contributed by atoms with Gasteiger partial charge >= 0.3 is 6.09 Å². The van der Waals surface area contributed by atoms with E-state index >= 15 is 0 Å². The Morgan fingerprint density at radius 1 is 1.26 bits per heavy atom. The predicted octanol–water partition coefficient (Wildman–Crippen LogP) is 3.87. The van der Waals surface area contributed by atoms with E-state index in [1.807, 2.05) is 30.5 Å². The molecule has 0 spiro atoms. The number of ether oxygens (including phenoxy) is 1. The van der Waals surface area contributed by atoms with Crippen molar-refractivity contribution >= 4 is 17.0 Å². The second kappa shape index (κ2) is 7.43. The lowest BCUT2D eigenvalue weighted by Gasteiger charge is -2.34. The summed E-state index contributed by atoms with van der Waals surface area (Å²) in [6, 6.07) is 11.1. The second-order valence-corrected chi connectivity index (χ2v) is 7.99. The van der Waals surface area contributed by atoms with Crippen LogP contribution in [0.5, 0.6) is 0 Å². The van der Waals surface area contributed by atoms with Gasteiger partial charge in [0.2, 0.25) is 0 Å². The zero-order valence-corrected chi connectivity index (χ0v) is 15.8. The van der Waals surface area contributed by atoms with Gasteiger partial charge < -0.3 is 15.0 Å². The number of primary amides is 1. The highest BCUT2D eigenvalue weighted by Crippen LogP contribution is 2.37. The minimum absolute atomic E-state index is 0.0292. The molecule has 2 N–H and O–H groups in total. The lowest BCUT2D eigenvalue weighted by Crippen LogP contribution is -2.35. The molecule has 0 radical (unpaired) electrons. The highest BCUT2D eigenvalue weighted by Gasteiger charge is 2.30. The van der Waals surface area contributed by atoms with Crippen LogP contribution in [0.1, 0.15) is 57.6 Å². The fourth-order valence-electron chi connectivity index (χ4n) is 4.32. The van der Waals surface area contributed by atoms with Gasteiger partial charge in [-0.2, -0.15) is 5.26 Å². The number of carbonyl (C=O) groups is 1. The van der Waals surface area contributed by atoms with Crippen LogP contribution in [-0.2, 0) is 4.74 Å². The first-order valence-corrected chi connectivity index (χ1v) is 9.33. The van der Waals surface area contributed by atoms with Crippen LogP contribution < -0.4 is 11.3 Å². The summed E-state index contributed by atoms with van der Waals surface area (Å²) >= 11 is 0. The molecule has 1 aliphatic rings. The molecule has 0 unspecified atom stereocenters. The minimum Gasteiger partial charge on any atom is -0.444 e. The molecular formula is C21H25N3O3. The Bertz CT molecular complexity index is 947. The fourth-order valence-corrected chi connectivity index (χ4v) is 4.32. The molecule has 1 amide bonds. The molecule has 2 aromatic rings. The van der Waals surface area contributed by atoms with Crippen molar-refractivity contribution in [2.45, 2.75) is 57.6 Å². The van der Waals surface area contributed by atoms with Crippen molar-refractivity contribution < 1.29 is 9.53 Å². The smallest absolute Gasteiger partial charge is 0.405 e. The summed E-state index contributed by atoms with van der Waals surface area (Å²) in [7, 11) is 0. The van der Waals surface area contributed by atoms with Gasteiger partial charge in [-0.25, -0.2) is 4.79 Å². The van der Waals surface area contributed by atoms with Crippen molar-refractivity contribution in [1.82, 2.24) is 4.57 Å². The SMILES string of the molecule is CC(C)(CC1CCC(n2c(=O)ccc3ccc(C#N)cc32)CC1)OC(N)=O. The lowest BCUT2D eigenvalue weighted by atomic mass is 9.80. The van der Waals surface area contributed by atoms with E-state index in [9.17, 15) is 14.9 Å². The highest BCUT2D eigenvalue weighted by molar-refractivity contribution is 5.80. The first-order valence-electron chi connectivity index (χ1n) is 9.33. The number of carbonyl (C=O) groups excluding carboxylic acids is 1. The fraction of sp³-hybridized carbons (Fsp3) is 0.476. The molecule has 0 bridgehead atoms. The number of nitrogens with zero attached hydrogens (tertiary/aromatic N) is 2. The third kappa shape index (κ3) is 4.30. The number of amides is 1. The summed E-state index contributed by atoms with van der Waals surface area (Å²) in [6.07, 6.45) is 3.68. The Balaban J connectivity index is 1.79. The van der Waals surface area contributed by atoms with Gasteiger partial charge in [-0.05, 0) is 75.5 Å². The van der Waals surface area contributed by atoms with Gasteiger partial charge in [-0.1, -0.05) is 6.07 Å². The number of rotatable bonds is 4. The number of aromatic nitrogens is 1. The molecule has 142 valence electrons. The Hall–Kier alpha value is -2.81. The Labute approximate surface area is 158 Å². The van der Waals surface area contributed by atoms with Crippen LogP contribution in [-0.4, -0.2) is 16.3 Å². The molecule has 0 saturated heterocycles. The largest absolute Gasteiger partial charge is 0.444 e. The number of fused-ring (bicyclic) bond motifs is 1. The van der Waals surface area contributed by atoms with Crippen LogP contribution >= 0.6 is 0 Å². The van der Waals surface area contributed by atoms with Gasteiger partial charge in [-0.15, -0.1) is 0 Å². The number of benzene rings is 1. The van der Waals surface area contributed by atoms with E-state index < -0.39 is 11.7 Å². The van der Waals surface area contributed by atoms with Crippen LogP contribution in [0.3, 0.4) is 0 Å². The summed E-state index contributed by atoms with van der Waals surface area (Å²) < 4.78 is 7.05. The Morgan fingerprint density at radius 2 is 1.93 bits per heavy atom. The minimum atomic E-state index is -0.746. The van der Waals surface area contributed by atoms with E-state index in [2.05, 4.69) is 6.07 Å². The van der Waals surface area contributed by atoms with E-state index in [4.69, 9.17) is 10.5 Å². The van der Waals surface area contributed by atoms with Crippen LogP contribution in [0.2, 0.25) is 0 Å². The summed E-state index contributed by atoms with van der Waals surface area (Å²) in [5.74, 6) is 0.427. The van der Waals surface area contributed by atoms with Gasteiger partial charge in [0, 0.05) is 12.1 Å². The molecule has 0 aliphatic heterocycles. The first-order chi connectivity index (χ1) is 12.8. The standard InChI is InChI=1S/C21H25N3O3/c1-21(2,27-20(23)26)12-14-4-8-17(9-5-14)24-18-11-15(13-22)3-6-16(18)7-10-19(24)25/h3,6-7,10-11,14,17H,4-5,8-9,12H2,1-2H3,(H2,23,26). The first kappa shape index (κ1) is 19.0. The maximum Gasteiger partial charge on any atom is 0.405 e. The van der Waals surface area contributed by atoms with E-state index in [1.54, 1.807) is 18.2 Å². The zero-order chi connectivity index (χ0) is 19.6. The maximum atomic E-state index is 12.6. The summed E-state index contributed by atoms with van der Waals surface area (Å²) in [5.41, 5.74) is 5.92. The molecule has 1 aromatic carbocycles. The summed E-state index contributed by atoms with van der Waals surface area (Å²) in [6.45, 7) is 3.75. The highest BCUT2D eigenvalue weighted by atomic mass is 16.6. The molecule has 6 heteroatoms.